The minimum Gasteiger partial charge on any atom is -0.480 e. The summed E-state index contributed by atoms with van der Waals surface area (Å²) in [6.07, 6.45) is 0. The smallest absolute Gasteiger partial charge is 0.357 e. The van der Waals surface area contributed by atoms with Crippen molar-refractivity contribution in [3.8, 4) is 0 Å². The van der Waals surface area contributed by atoms with Gasteiger partial charge in [-0.25, -0.2) is 28.8 Å². The van der Waals surface area contributed by atoms with E-state index in [9.17, 15) is 38.4 Å². The highest BCUT2D eigenvalue weighted by Gasteiger charge is 2.80. The van der Waals surface area contributed by atoms with Crippen LogP contribution in [0.25, 0.3) is 0 Å². The fourth-order valence-corrected chi connectivity index (χ4v) is 2.42. The molecule has 0 bridgehead atoms. The average molecular weight is 504 g/mol. The first-order chi connectivity index (χ1) is 14.4. The lowest BCUT2D eigenvalue weighted by atomic mass is 9.80. The number of carbonyl (C=O) groups excluding carboxylic acids is 6. The van der Waals surface area contributed by atoms with Gasteiger partial charge < -0.3 is 40.9 Å². The van der Waals surface area contributed by atoms with Gasteiger partial charge in [-0.3, -0.25) is 20.6 Å². The fraction of sp³-hybridized carbons (Fsp3) is 0.200. The molecule has 2 unspecified atom stereocenters. The molecule has 21 heteroatoms. The summed E-state index contributed by atoms with van der Waals surface area (Å²) in [4.78, 5) is 86.7. The number of nitrogens with two attached hydrogens (primary N) is 4. The van der Waals surface area contributed by atoms with Crippen LogP contribution in [0.2, 0.25) is 0 Å². The first kappa shape index (κ1) is 28.3. The minimum atomic E-state index is -3.29. The largest absolute Gasteiger partial charge is 0.480 e. The first-order valence-electron chi connectivity index (χ1n) is 7.05. The van der Waals surface area contributed by atoms with Gasteiger partial charge in [-0.05, 0) is 0 Å². The van der Waals surface area contributed by atoms with E-state index in [1.165, 1.54) is 0 Å². The fourth-order valence-electron chi connectivity index (χ4n) is 1.78. The van der Waals surface area contributed by atoms with E-state index in [-0.39, 0.29) is 8.88 Å². The third-order valence-electron chi connectivity index (χ3n) is 3.29. The molecule has 0 radical (unpaired) electrons. The molecule has 18 nitrogen and oxygen atoms in total. The predicted molar refractivity (Wildman–Crippen MR) is 100 cm³/mol. The number of hydrogen-bond acceptors (Lipinski definition) is 14. The molecule has 0 aromatic rings. The van der Waals surface area contributed by atoms with Gasteiger partial charge in [0.25, 0.3) is 11.8 Å². The van der Waals surface area contributed by atoms with Crippen LogP contribution in [0.4, 0.5) is 0 Å². The molecule has 2 rings (SSSR count). The van der Waals surface area contributed by atoms with Gasteiger partial charge in [0.05, 0.1) is 0 Å². The van der Waals surface area contributed by atoms with Crippen molar-refractivity contribution in [2.45, 2.75) is 0 Å². The van der Waals surface area contributed by atoms with Crippen LogP contribution in [0.3, 0.4) is 0 Å². The Balaban J connectivity index is 0.000000544. The standard InChI is InChI=1S/C5H10N4O6P2.C5O6.H5N2P/c6-16-8-1(10)5(3(12)13,4(14)15)2(11)9-17-7;6-1-5(2(7)10-1)3(8)11-4(5)9;1-3-2/h16-17H,6-7H2,(H,8,10)(H,9,11)(H,12,13)(H,14,15);;3H,1-2H2. The molecule has 0 saturated carbocycles. The van der Waals surface area contributed by atoms with Gasteiger partial charge in [0.2, 0.25) is 0 Å². The topological polar surface area (TPSA) is 324 Å². The van der Waals surface area contributed by atoms with Crippen LogP contribution in [0.5, 0.6) is 0 Å². The van der Waals surface area contributed by atoms with E-state index in [4.69, 9.17) is 21.2 Å². The molecule has 2 saturated heterocycles. The molecule has 2 amide bonds. The Bertz CT molecular complexity index is 736. The SMILES string of the molecule is NPN.NPNC(=O)C(C(=O)O)(C(=O)O)C(=O)NPN.O=C1OC(=O)C12C(=O)OC2=O. The lowest BCUT2D eigenvalue weighted by Crippen LogP contribution is -2.71. The maximum Gasteiger partial charge on any atom is 0.357 e. The van der Waals surface area contributed by atoms with Gasteiger partial charge in [-0.2, -0.15) is 0 Å². The number of aliphatic carboxylic acids is 2. The van der Waals surface area contributed by atoms with Gasteiger partial charge in [-0.15, -0.1) is 0 Å². The molecule has 2 fully saturated rings. The molecular formula is C10H15N6O12P3. The summed E-state index contributed by atoms with van der Waals surface area (Å²) in [6.45, 7) is 0. The van der Waals surface area contributed by atoms with Crippen molar-refractivity contribution in [1.82, 2.24) is 10.2 Å². The van der Waals surface area contributed by atoms with E-state index in [2.05, 4.69) is 20.5 Å². The number of carbonyl (C=O) groups is 8. The van der Waals surface area contributed by atoms with Crippen molar-refractivity contribution in [3.63, 3.8) is 0 Å². The van der Waals surface area contributed by atoms with Crippen molar-refractivity contribution in [2.75, 3.05) is 0 Å². The number of rotatable bonds is 6. The van der Waals surface area contributed by atoms with Gasteiger partial charge in [0.1, 0.15) is 0 Å². The predicted octanol–water partition coefficient (Wildman–Crippen LogP) is -5.14. The second kappa shape index (κ2) is 11.6. The normalized spacial score (nSPS) is 16.1. The third-order valence-corrected chi connectivity index (χ3v) is 4.03. The van der Waals surface area contributed by atoms with Gasteiger partial charge in [0, 0.05) is 26.6 Å². The third kappa shape index (κ3) is 4.97. The van der Waals surface area contributed by atoms with Gasteiger partial charge >= 0.3 is 46.6 Å². The van der Waals surface area contributed by atoms with E-state index in [0.29, 0.717) is 0 Å². The van der Waals surface area contributed by atoms with E-state index in [1.54, 1.807) is 10.2 Å². The van der Waals surface area contributed by atoms with E-state index < -0.39 is 76.2 Å². The number of carboxylic acid groups (broad SMARTS) is 2. The highest BCUT2D eigenvalue weighted by molar-refractivity contribution is 7.34. The molecule has 0 aromatic carbocycles. The second-order valence-electron chi connectivity index (χ2n) is 4.83. The number of carboxylic acids is 2. The molecule has 2 heterocycles. The molecule has 12 N–H and O–H groups in total. The molecular weight excluding hydrogens is 489 g/mol. The van der Waals surface area contributed by atoms with Crippen LogP contribution in [0.1, 0.15) is 0 Å². The Morgan fingerprint density at radius 2 is 1.00 bits per heavy atom. The van der Waals surface area contributed by atoms with E-state index in [0.717, 1.165) is 0 Å². The van der Waals surface area contributed by atoms with Crippen LogP contribution in [-0.4, -0.2) is 57.8 Å². The van der Waals surface area contributed by atoms with Gasteiger partial charge in [-0.1, -0.05) is 0 Å². The molecule has 0 aliphatic carbocycles. The molecule has 31 heavy (non-hydrogen) atoms. The highest BCUT2D eigenvalue weighted by Crippen LogP contribution is 2.40. The minimum absolute atomic E-state index is 0.0833. The number of hydrogen-bond donors (Lipinski definition) is 8. The summed E-state index contributed by atoms with van der Waals surface area (Å²) in [5.74, 6) is -11.9. The highest BCUT2D eigenvalue weighted by atomic mass is 31.1. The Hall–Kier alpha value is -2.71. The number of nitrogens with one attached hydrogen (secondary N) is 2. The van der Waals surface area contributed by atoms with Crippen molar-refractivity contribution in [3.05, 3.63) is 0 Å². The van der Waals surface area contributed by atoms with Crippen LogP contribution in [0.15, 0.2) is 0 Å². The zero-order valence-electron chi connectivity index (χ0n) is 14.8. The van der Waals surface area contributed by atoms with Crippen molar-refractivity contribution < 1.29 is 58.0 Å². The molecule has 2 aliphatic rings. The first-order valence-corrected chi connectivity index (χ1v) is 10.4. The zero-order chi connectivity index (χ0) is 24.6. The van der Waals surface area contributed by atoms with E-state index in [1.807, 2.05) is 0 Å². The maximum absolute atomic E-state index is 11.4. The number of amides is 2. The molecule has 172 valence electrons. The zero-order valence-corrected chi connectivity index (χ0v) is 17.8. The van der Waals surface area contributed by atoms with Crippen LogP contribution in [0, 0.1) is 10.8 Å². The molecule has 2 atom stereocenters. The summed E-state index contributed by atoms with van der Waals surface area (Å²) in [5.41, 5.74) is 13.7. The second-order valence-corrected chi connectivity index (χ2v) is 6.24. The number of esters is 4. The van der Waals surface area contributed by atoms with Crippen molar-refractivity contribution in [2.24, 2.45) is 32.8 Å². The summed E-state index contributed by atoms with van der Waals surface area (Å²) in [6, 6.07) is 0. The summed E-state index contributed by atoms with van der Waals surface area (Å²) < 4.78 is 7.68. The van der Waals surface area contributed by atoms with Gasteiger partial charge in [0.15, 0.2) is 0 Å². The lowest BCUT2D eigenvalue weighted by molar-refractivity contribution is -0.224. The monoisotopic (exact) mass is 504 g/mol. The quantitative estimate of drug-likeness (QED) is 0.0952. The molecule has 2 aliphatic heterocycles. The number of ether oxygens (including phenoxy) is 2. The average Bonchev–Trinajstić information content (AvgIpc) is 2.62. The Morgan fingerprint density at radius 1 is 0.742 bits per heavy atom. The van der Waals surface area contributed by atoms with Crippen molar-refractivity contribution in [1.29, 1.82) is 0 Å². The lowest BCUT2D eigenvalue weighted by Gasteiger charge is -2.36. The molecule has 1 spiro atoms. The summed E-state index contributed by atoms with van der Waals surface area (Å²) >= 11 is 0. The van der Waals surface area contributed by atoms with Crippen molar-refractivity contribution >= 4 is 74.3 Å². The summed E-state index contributed by atoms with van der Waals surface area (Å²) in [7, 11) is -1.40. The van der Waals surface area contributed by atoms with Crippen LogP contribution >= 0.6 is 26.6 Å². The van der Waals surface area contributed by atoms with E-state index >= 15 is 0 Å². The maximum atomic E-state index is 11.4. The Morgan fingerprint density at radius 3 is 1.13 bits per heavy atom. The number of cyclic esters (lactones) is 4. The van der Waals surface area contributed by atoms with Crippen LogP contribution in [-0.2, 0) is 47.8 Å². The molecule has 0 aromatic heterocycles. The summed E-state index contributed by atoms with van der Waals surface area (Å²) in [5, 5.41) is 21.2. The van der Waals surface area contributed by atoms with Crippen LogP contribution < -0.4 is 32.2 Å². The Labute approximate surface area is 176 Å². The Kier molecular flexibility index (Phi) is 10.6.